The van der Waals surface area contributed by atoms with Gasteiger partial charge in [-0.1, -0.05) is 34.4 Å². The first kappa shape index (κ1) is 16.0. The molecule has 1 aromatic rings. The fourth-order valence-corrected chi connectivity index (χ4v) is 1.88. The Morgan fingerprint density at radius 3 is 2.62 bits per heavy atom. The maximum atomic E-state index is 10.0. The minimum Gasteiger partial charge on any atom is -0.493 e. The zero-order valence-electron chi connectivity index (χ0n) is 9.66. The zero-order chi connectivity index (χ0) is 10.1. The molecule has 0 radical (unpaired) electrons. The molecule has 84 valence electrons. The van der Waals surface area contributed by atoms with Crippen molar-refractivity contribution < 1.29 is 39.4 Å². The van der Waals surface area contributed by atoms with Crippen molar-refractivity contribution in [3.63, 3.8) is 0 Å². The van der Waals surface area contributed by atoms with E-state index in [4.69, 9.17) is 4.74 Å². The van der Waals surface area contributed by atoms with E-state index in [0.29, 0.717) is 0 Å². The van der Waals surface area contributed by atoms with Gasteiger partial charge < -0.3 is 9.84 Å². The van der Waals surface area contributed by atoms with E-state index in [2.05, 4.69) is 0 Å². The van der Waals surface area contributed by atoms with Crippen LogP contribution < -0.4 is 34.3 Å². The van der Waals surface area contributed by atoms with E-state index in [0.717, 1.165) is 24.3 Å². The summed E-state index contributed by atoms with van der Waals surface area (Å²) in [5, 5.41) is 10.0. The number of rotatable bonds is 2. The van der Waals surface area contributed by atoms with E-state index < -0.39 is 0 Å². The van der Waals surface area contributed by atoms with Crippen LogP contribution in [-0.2, 0) is 6.42 Å². The zero-order valence-corrected chi connectivity index (χ0v) is 11.7. The number of hydrogen-bond donors (Lipinski definition) is 1. The van der Waals surface area contributed by atoms with Gasteiger partial charge in [0.2, 0.25) is 0 Å². The third-order valence-electron chi connectivity index (χ3n) is 2.73. The second kappa shape index (κ2) is 6.70. The molecule has 0 aliphatic carbocycles. The van der Waals surface area contributed by atoms with Crippen LogP contribution in [0.15, 0.2) is 18.2 Å². The predicted molar refractivity (Wildman–Crippen MR) is 66.8 cm³/mol. The van der Waals surface area contributed by atoms with Crippen molar-refractivity contribution in [1.29, 1.82) is 0 Å². The van der Waals surface area contributed by atoms with Crippen LogP contribution in [0.2, 0.25) is 0 Å². The average Bonchev–Trinajstić information content (AvgIpc) is 2.63. The van der Waals surface area contributed by atoms with Crippen LogP contribution >= 0.6 is 0 Å². The van der Waals surface area contributed by atoms with Crippen molar-refractivity contribution in [2.75, 3.05) is 6.61 Å². The van der Waals surface area contributed by atoms with E-state index in [1.54, 1.807) is 0 Å². The molecule has 0 amide bonds. The standard InChI is InChI=1S/C12H16O2.BH4.Na/c1-8(2)12(13)10-4-3-5-11-9(10)6-7-14-11;;/h3-5,8,12-13H,6-7H2,1-2H3;1H4;/q;-1;+1. The molecule has 1 aliphatic heterocycles. The van der Waals surface area contributed by atoms with Gasteiger partial charge >= 0.3 is 29.6 Å². The maximum absolute atomic E-state index is 10.0. The summed E-state index contributed by atoms with van der Waals surface area (Å²) in [6.45, 7) is 4.80. The second-order valence-electron chi connectivity index (χ2n) is 4.11. The molecular formula is C12H20BNaO2. The molecule has 1 aliphatic rings. The van der Waals surface area contributed by atoms with Gasteiger partial charge in [-0.05, 0) is 17.5 Å². The van der Waals surface area contributed by atoms with Gasteiger partial charge in [0.1, 0.15) is 5.75 Å². The van der Waals surface area contributed by atoms with Gasteiger partial charge in [-0.15, -0.1) is 0 Å². The number of hydrogen-bond acceptors (Lipinski definition) is 2. The van der Waals surface area contributed by atoms with Gasteiger partial charge in [-0.25, -0.2) is 0 Å². The van der Waals surface area contributed by atoms with Crippen LogP contribution in [0.1, 0.15) is 31.1 Å². The molecule has 1 atom stereocenters. The Kier molecular flexibility index (Phi) is 6.72. The first-order valence-electron chi connectivity index (χ1n) is 5.13. The molecule has 0 spiro atoms. The van der Waals surface area contributed by atoms with E-state index in [1.165, 1.54) is 5.56 Å². The number of ether oxygens (including phenoxy) is 1. The summed E-state index contributed by atoms with van der Waals surface area (Å²) in [4.78, 5) is 0. The molecule has 0 bridgehead atoms. The summed E-state index contributed by atoms with van der Waals surface area (Å²) in [6, 6.07) is 5.92. The normalized spacial score (nSPS) is 14.5. The van der Waals surface area contributed by atoms with Crippen molar-refractivity contribution in [2.24, 2.45) is 5.92 Å². The molecule has 1 heterocycles. The molecule has 0 saturated carbocycles. The number of aliphatic hydroxyl groups is 1. The summed E-state index contributed by atoms with van der Waals surface area (Å²) in [5.41, 5.74) is 2.23. The smallest absolute Gasteiger partial charge is 0.493 e. The van der Waals surface area contributed by atoms with E-state index in [9.17, 15) is 5.11 Å². The molecule has 0 aromatic heterocycles. The van der Waals surface area contributed by atoms with Crippen molar-refractivity contribution in [3.8, 4) is 5.75 Å². The maximum Gasteiger partial charge on any atom is 1.00 e. The SMILES string of the molecule is CC(C)C(O)c1cccc2c1CCO2.[BH4-].[Na+]. The van der Waals surface area contributed by atoms with Crippen LogP contribution in [0, 0.1) is 5.92 Å². The van der Waals surface area contributed by atoms with Crippen LogP contribution in [0.3, 0.4) is 0 Å². The van der Waals surface area contributed by atoms with Gasteiger partial charge in [-0.2, -0.15) is 0 Å². The first-order chi connectivity index (χ1) is 6.70. The second-order valence-corrected chi connectivity index (χ2v) is 4.11. The van der Waals surface area contributed by atoms with Crippen molar-refractivity contribution in [2.45, 2.75) is 26.4 Å². The molecule has 1 N–H and O–H groups in total. The van der Waals surface area contributed by atoms with Crippen LogP contribution in [0.4, 0.5) is 0 Å². The van der Waals surface area contributed by atoms with Crippen molar-refractivity contribution in [3.05, 3.63) is 29.3 Å². The average molecular weight is 230 g/mol. The first-order valence-corrected chi connectivity index (χ1v) is 5.13. The molecule has 1 aromatic carbocycles. The van der Waals surface area contributed by atoms with Crippen LogP contribution in [0.5, 0.6) is 5.75 Å². The molecule has 1 unspecified atom stereocenters. The monoisotopic (exact) mass is 230 g/mol. The molecule has 4 heteroatoms. The Morgan fingerprint density at radius 2 is 2.00 bits per heavy atom. The molecule has 2 rings (SSSR count). The van der Waals surface area contributed by atoms with E-state index in [-0.39, 0.29) is 50.0 Å². The number of fused-ring (bicyclic) bond motifs is 1. The predicted octanol–water partition coefficient (Wildman–Crippen LogP) is -2.14. The summed E-state index contributed by atoms with van der Waals surface area (Å²) in [7, 11) is 0. The summed E-state index contributed by atoms with van der Waals surface area (Å²) in [5.74, 6) is 1.20. The van der Waals surface area contributed by atoms with Gasteiger partial charge in [-0.3, -0.25) is 0 Å². The largest absolute Gasteiger partial charge is 1.00 e. The molecule has 16 heavy (non-hydrogen) atoms. The Bertz CT molecular complexity index is 342. The third kappa shape index (κ3) is 3.04. The van der Waals surface area contributed by atoms with Gasteiger partial charge in [0.15, 0.2) is 0 Å². The Hall–Kier alpha value is 0.0449. The molecular weight excluding hydrogens is 210 g/mol. The minimum absolute atomic E-state index is 0. The fraction of sp³-hybridized carbons (Fsp3) is 0.500. The molecule has 2 nitrogen and oxygen atoms in total. The Labute approximate surface area is 121 Å². The van der Waals surface area contributed by atoms with Gasteiger partial charge in [0, 0.05) is 12.0 Å². The minimum atomic E-state index is -0.369. The number of benzene rings is 1. The van der Waals surface area contributed by atoms with E-state index >= 15 is 0 Å². The summed E-state index contributed by atoms with van der Waals surface area (Å²) < 4.78 is 5.46. The summed E-state index contributed by atoms with van der Waals surface area (Å²) in [6.07, 6.45) is 0.557. The van der Waals surface area contributed by atoms with Gasteiger partial charge in [0.05, 0.1) is 12.7 Å². The summed E-state index contributed by atoms with van der Waals surface area (Å²) >= 11 is 0. The number of aliphatic hydroxyl groups excluding tert-OH is 1. The van der Waals surface area contributed by atoms with Crippen molar-refractivity contribution in [1.82, 2.24) is 0 Å². The molecule has 0 saturated heterocycles. The van der Waals surface area contributed by atoms with E-state index in [1.807, 2.05) is 32.0 Å². The van der Waals surface area contributed by atoms with Crippen LogP contribution in [-0.4, -0.2) is 20.1 Å². The molecule has 0 fully saturated rings. The van der Waals surface area contributed by atoms with Crippen LogP contribution in [0.25, 0.3) is 0 Å². The quantitative estimate of drug-likeness (QED) is 0.588. The van der Waals surface area contributed by atoms with Gasteiger partial charge in [0.25, 0.3) is 0 Å². The Balaban J connectivity index is 0.00000112. The fourth-order valence-electron chi connectivity index (χ4n) is 1.88. The topological polar surface area (TPSA) is 29.5 Å². The Morgan fingerprint density at radius 1 is 1.31 bits per heavy atom. The van der Waals surface area contributed by atoms with Crippen molar-refractivity contribution >= 4 is 8.41 Å². The third-order valence-corrected chi connectivity index (χ3v) is 2.73.